The fraction of sp³-hybridized carbons (Fsp3) is 0.400. The highest BCUT2D eigenvalue weighted by atomic mass is 16.5. The van der Waals surface area contributed by atoms with Gasteiger partial charge in [-0.2, -0.15) is 0 Å². The SMILES string of the molecule is OC1CCc2ccccc2OC1. The number of fused-ring (bicyclic) bond motifs is 1. The molecule has 1 aromatic rings. The van der Waals surface area contributed by atoms with Crippen molar-refractivity contribution < 1.29 is 9.84 Å². The molecule has 1 aliphatic rings. The molecular weight excluding hydrogens is 152 g/mol. The maximum absolute atomic E-state index is 9.34. The Morgan fingerprint density at radius 3 is 3.08 bits per heavy atom. The molecule has 1 aliphatic heterocycles. The van der Waals surface area contributed by atoms with Crippen LogP contribution < -0.4 is 4.74 Å². The van der Waals surface area contributed by atoms with E-state index in [4.69, 9.17) is 4.74 Å². The lowest BCUT2D eigenvalue weighted by Crippen LogP contribution is -2.15. The lowest BCUT2D eigenvalue weighted by Gasteiger charge is -2.06. The lowest BCUT2D eigenvalue weighted by atomic mass is 10.1. The maximum Gasteiger partial charge on any atom is 0.122 e. The topological polar surface area (TPSA) is 29.5 Å². The van der Waals surface area contributed by atoms with E-state index in [1.54, 1.807) is 0 Å². The van der Waals surface area contributed by atoms with Gasteiger partial charge in [0.2, 0.25) is 0 Å². The van der Waals surface area contributed by atoms with Gasteiger partial charge in [-0.25, -0.2) is 0 Å². The molecular formula is C10H12O2. The summed E-state index contributed by atoms with van der Waals surface area (Å²) in [6.07, 6.45) is 1.41. The van der Waals surface area contributed by atoms with Gasteiger partial charge in [-0.3, -0.25) is 0 Å². The summed E-state index contributed by atoms with van der Waals surface area (Å²) in [5, 5.41) is 9.34. The van der Waals surface area contributed by atoms with E-state index < -0.39 is 0 Å². The summed E-state index contributed by atoms with van der Waals surface area (Å²) in [6.45, 7) is 0.428. The van der Waals surface area contributed by atoms with Crippen molar-refractivity contribution in [3.8, 4) is 5.75 Å². The third kappa shape index (κ3) is 1.43. The van der Waals surface area contributed by atoms with Gasteiger partial charge in [0.15, 0.2) is 0 Å². The summed E-state index contributed by atoms with van der Waals surface area (Å²) in [5.41, 5.74) is 1.20. The monoisotopic (exact) mass is 164 g/mol. The average molecular weight is 164 g/mol. The second kappa shape index (κ2) is 3.15. The Labute approximate surface area is 71.8 Å². The molecule has 12 heavy (non-hydrogen) atoms. The zero-order chi connectivity index (χ0) is 8.39. The van der Waals surface area contributed by atoms with Crippen LogP contribution in [0.15, 0.2) is 24.3 Å². The molecule has 0 fully saturated rings. The first-order chi connectivity index (χ1) is 5.86. The molecule has 0 radical (unpaired) electrons. The zero-order valence-corrected chi connectivity index (χ0v) is 6.86. The van der Waals surface area contributed by atoms with Gasteiger partial charge < -0.3 is 9.84 Å². The normalized spacial score (nSPS) is 22.2. The molecule has 2 rings (SSSR count). The molecule has 0 amide bonds. The minimum Gasteiger partial charge on any atom is -0.491 e. The number of para-hydroxylation sites is 1. The molecule has 0 saturated heterocycles. The predicted molar refractivity (Wildman–Crippen MR) is 46.3 cm³/mol. The molecule has 0 aliphatic carbocycles. The molecule has 2 heteroatoms. The number of ether oxygens (including phenoxy) is 1. The first-order valence-corrected chi connectivity index (χ1v) is 4.25. The van der Waals surface area contributed by atoms with Gasteiger partial charge in [-0.15, -0.1) is 0 Å². The van der Waals surface area contributed by atoms with Gasteiger partial charge >= 0.3 is 0 Å². The van der Waals surface area contributed by atoms with E-state index in [1.807, 2.05) is 24.3 Å². The van der Waals surface area contributed by atoms with Crippen LogP contribution in [0.5, 0.6) is 5.75 Å². The highest BCUT2D eigenvalue weighted by molar-refractivity contribution is 5.34. The average Bonchev–Trinajstić information content (AvgIpc) is 2.29. The molecule has 2 nitrogen and oxygen atoms in total. The minimum absolute atomic E-state index is 0.308. The van der Waals surface area contributed by atoms with Crippen LogP contribution in [0.25, 0.3) is 0 Å². The Morgan fingerprint density at radius 1 is 1.33 bits per heavy atom. The van der Waals surface area contributed by atoms with Gasteiger partial charge in [0.1, 0.15) is 12.4 Å². The van der Waals surface area contributed by atoms with Crippen LogP contribution in [-0.4, -0.2) is 17.8 Å². The molecule has 0 bridgehead atoms. The first-order valence-electron chi connectivity index (χ1n) is 4.25. The van der Waals surface area contributed by atoms with E-state index in [0.717, 1.165) is 18.6 Å². The predicted octanol–water partition coefficient (Wildman–Crippen LogP) is 1.37. The third-order valence-corrected chi connectivity index (χ3v) is 2.15. The lowest BCUT2D eigenvalue weighted by molar-refractivity contribution is 0.108. The molecule has 1 N–H and O–H groups in total. The van der Waals surface area contributed by atoms with E-state index in [-0.39, 0.29) is 6.10 Å². The van der Waals surface area contributed by atoms with Gasteiger partial charge in [0, 0.05) is 0 Å². The number of rotatable bonds is 0. The molecule has 1 atom stereocenters. The van der Waals surface area contributed by atoms with Crippen LogP contribution in [0.1, 0.15) is 12.0 Å². The molecule has 1 heterocycles. The van der Waals surface area contributed by atoms with Crippen LogP contribution in [0.3, 0.4) is 0 Å². The Hall–Kier alpha value is -1.02. The summed E-state index contributed by atoms with van der Waals surface area (Å²) >= 11 is 0. The second-order valence-electron chi connectivity index (χ2n) is 3.11. The van der Waals surface area contributed by atoms with E-state index >= 15 is 0 Å². The van der Waals surface area contributed by atoms with Gasteiger partial charge in [0.25, 0.3) is 0 Å². The Bertz CT molecular complexity index is 243. The zero-order valence-electron chi connectivity index (χ0n) is 6.86. The molecule has 1 aromatic carbocycles. The van der Waals surface area contributed by atoms with E-state index in [1.165, 1.54) is 5.56 Å². The Morgan fingerprint density at radius 2 is 2.17 bits per heavy atom. The van der Waals surface area contributed by atoms with Crippen molar-refractivity contribution >= 4 is 0 Å². The summed E-state index contributed by atoms with van der Waals surface area (Å²) in [5.74, 6) is 0.925. The van der Waals surface area contributed by atoms with Gasteiger partial charge in [0.05, 0.1) is 6.10 Å². The van der Waals surface area contributed by atoms with Crippen LogP contribution in [-0.2, 0) is 6.42 Å². The fourth-order valence-corrected chi connectivity index (χ4v) is 1.44. The second-order valence-corrected chi connectivity index (χ2v) is 3.11. The molecule has 1 unspecified atom stereocenters. The van der Waals surface area contributed by atoms with Gasteiger partial charge in [-0.05, 0) is 24.5 Å². The summed E-state index contributed by atoms with van der Waals surface area (Å²) in [4.78, 5) is 0. The van der Waals surface area contributed by atoms with E-state index in [0.29, 0.717) is 6.61 Å². The standard InChI is InChI=1S/C10H12O2/c11-9-6-5-8-3-1-2-4-10(8)12-7-9/h1-4,9,11H,5-7H2. The number of aryl methyl sites for hydroxylation is 1. The molecule has 0 aromatic heterocycles. The number of hydrogen-bond acceptors (Lipinski definition) is 2. The van der Waals surface area contributed by atoms with E-state index in [2.05, 4.69) is 0 Å². The van der Waals surface area contributed by atoms with Gasteiger partial charge in [-0.1, -0.05) is 18.2 Å². The smallest absolute Gasteiger partial charge is 0.122 e. The van der Waals surface area contributed by atoms with E-state index in [9.17, 15) is 5.11 Å². The molecule has 0 spiro atoms. The van der Waals surface area contributed by atoms with Crippen molar-refractivity contribution in [1.29, 1.82) is 0 Å². The van der Waals surface area contributed by atoms with Crippen molar-refractivity contribution in [2.75, 3.05) is 6.61 Å². The van der Waals surface area contributed by atoms with Crippen molar-refractivity contribution in [3.05, 3.63) is 29.8 Å². The van der Waals surface area contributed by atoms with Crippen molar-refractivity contribution in [1.82, 2.24) is 0 Å². The third-order valence-electron chi connectivity index (χ3n) is 2.15. The summed E-state index contributed by atoms with van der Waals surface area (Å²) in [6, 6.07) is 7.96. The van der Waals surface area contributed by atoms with Crippen LogP contribution in [0.2, 0.25) is 0 Å². The number of hydrogen-bond donors (Lipinski definition) is 1. The maximum atomic E-state index is 9.34. The van der Waals surface area contributed by atoms with Crippen LogP contribution in [0.4, 0.5) is 0 Å². The fourth-order valence-electron chi connectivity index (χ4n) is 1.44. The van der Waals surface area contributed by atoms with Crippen LogP contribution in [0, 0.1) is 0 Å². The van der Waals surface area contributed by atoms with Crippen LogP contribution >= 0.6 is 0 Å². The van der Waals surface area contributed by atoms with Crippen molar-refractivity contribution in [2.45, 2.75) is 18.9 Å². The minimum atomic E-state index is -0.308. The first kappa shape index (κ1) is 7.62. The largest absolute Gasteiger partial charge is 0.491 e. The number of aliphatic hydroxyl groups excluding tert-OH is 1. The highest BCUT2D eigenvalue weighted by Gasteiger charge is 2.13. The number of aliphatic hydroxyl groups is 1. The molecule has 64 valence electrons. The highest BCUT2D eigenvalue weighted by Crippen LogP contribution is 2.23. The Kier molecular flexibility index (Phi) is 2.00. The quantitative estimate of drug-likeness (QED) is 0.627. The summed E-state index contributed by atoms with van der Waals surface area (Å²) < 4.78 is 5.41. The number of benzene rings is 1. The summed E-state index contributed by atoms with van der Waals surface area (Å²) in [7, 11) is 0. The molecule has 0 saturated carbocycles. The van der Waals surface area contributed by atoms with Crippen molar-refractivity contribution in [2.24, 2.45) is 0 Å². The Balaban J connectivity index is 2.26. The van der Waals surface area contributed by atoms with Crippen molar-refractivity contribution in [3.63, 3.8) is 0 Å².